The Morgan fingerprint density at radius 2 is 1.50 bits per heavy atom. The van der Waals surface area contributed by atoms with Gasteiger partial charge in [0.2, 0.25) is 0 Å². The van der Waals surface area contributed by atoms with Crippen LogP contribution in [0.2, 0.25) is 0 Å². The van der Waals surface area contributed by atoms with Gasteiger partial charge in [-0.05, 0) is 36.6 Å². The molecular weight excluding hydrogens is 246 g/mol. The summed E-state index contributed by atoms with van der Waals surface area (Å²) < 4.78 is 0. The van der Waals surface area contributed by atoms with E-state index in [-0.39, 0.29) is 5.91 Å². The van der Waals surface area contributed by atoms with Gasteiger partial charge in [-0.15, -0.1) is 0 Å². The van der Waals surface area contributed by atoms with Crippen molar-refractivity contribution in [3.63, 3.8) is 0 Å². The molecule has 0 aliphatic heterocycles. The van der Waals surface area contributed by atoms with Gasteiger partial charge in [0.25, 0.3) is 5.91 Å². The van der Waals surface area contributed by atoms with Crippen LogP contribution in [-0.4, -0.2) is 23.9 Å². The van der Waals surface area contributed by atoms with Crippen molar-refractivity contribution in [3.05, 3.63) is 60.2 Å². The van der Waals surface area contributed by atoms with Crippen LogP contribution in [0.3, 0.4) is 0 Å². The van der Waals surface area contributed by atoms with Crippen LogP contribution in [0, 0.1) is 0 Å². The molecule has 0 aliphatic carbocycles. The van der Waals surface area contributed by atoms with Crippen LogP contribution in [-0.2, 0) is 0 Å². The Labute approximate surface area is 121 Å². The largest absolute Gasteiger partial charge is 0.339 e. The first-order valence-electron chi connectivity index (χ1n) is 7.21. The van der Waals surface area contributed by atoms with Crippen molar-refractivity contribution in [2.45, 2.75) is 20.3 Å². The number of hydrogen-bond acceptors (Lipinski definition) is 1. The van der Waals surface area contributed by atoms with E-state index in [4.69, 9.17) is 0 Å². The molecule has 0 heterocycles. The minimum Gasteiger partial charge on any atom is -0.339 e. The first-order chi connectivity index (χ1) is 9.76. The molecule has 0 fully saturated rings. The van der Waals surface area contributed by atoms with E-state index in [9.17, 15) is 4.79 Å². The molecular formula is C18H21NO. The standard InChI is InChI=1S/C18H21NO/c1-3-14-19(4-2)18(20)17-12-10-16(11-13-17)15-8-6-5-7-9-15/h5-13H,3-4,14H2,1-2H3. The Hall–Kier alpha value is -2.09. The number of benzene rings is 2. The van der Waals surface area contributed by atoms with Gasteiger partial charge in [0.1, 0.15) is 0 Å². The lowest BCUT2D eigenvalue weighted by Crippen LogP contribution is -2.31. The number of carbonyl (C=O) groups excluding carboxylic acids is 1. The van der Waals surface area contributed by atoms with Gasteiger partial charge < -0.3 is 4.90 Å². The summed E-state index contributed by atoms with van der Waals surface area (Å²) in [6, 6.07) is 18.1. The van der Waals surface area contributed by atoms with Gasteiger partial charge in [0, 0.05) is 18.7 Å². The fourth-order valence-electron chi connectivity index (χ4n) is 2.29. The zero-order valence-electron chi connectivity index (χ0n) is 12.2. The van der Waals surface area contributed by atoms with Crippen LogP contribution >= 0.6 is 0 Å². The van der Waals surface area contributed by atoms with E-state index < -0.39 is 0 Å². The van der Waals surface area contributed by atoms with Crippen LogP contribution in [0.4, 0.5) is 0 Å². The lowest BCUT2D eigenvalue weighted by molar-refractivity contribution is 0.0764. The van der Waals surface area contributed by atoms with Gasteiger partial charge in [-0.25, -0.2) is 0 Å². The highest BCUT2D eigenvalue weighted by Gasteiger charge is 2.12. The summed E-state index contributed by atoms with van der Waals surface area (Å²) in [6.45, 7) is 5.68. The number of rotatable bonds is 5. The second-order valence-corrected chi connectivity index (χ2v) is 4.83. The van der Waals surface area contributed by atoms with Crippen molar-refractivity contribution >= 4 is 5.91 Å². The second-order valence-electron chi connectivity index (χ2n) is 4.83. The minimum atomic E-state index is 0.119. The summed E-state index contributed by atoms with van der Waals surface area (Å²) in [6.07, 6.45) is 0.988. The van der Waals surface area contributed by atoms with Crippen molar-refractivity contribution in [1.29, 1.82) is 0 Å². The first-order valence-corrected chi connectivity index (χ1v) is 7.21. The van der Waals surface area contributed by atoms with E-state index in [0.717, 1.165) is 30.6 Å². The molecule has 0 radical (unpaired) electrons. The predicted octanol–water partition coefficient (Wildman–Crippen LogP) is 4.23. The zero-order chi connectivity index (χ0) is 14.4. The van der Waals surface area contributed by atoms with Crippen molar-refractivity contribution in [2.75, 3.05) is 13.1 Å². The Bertz CT molecular complexity index is 545. The van der Waals surface area contributed by atoms with Gasteiger partial charge >= 0.3 is 0 Å². The fourth-order valence-corrected chi connectivity index (χ4v) is 2.29. The van der Waals surface area contributed by atoms with Crippen LogP contribution < -0.4 is 0 Å². The van der Waals surface area contributed by atoms with E-state index in [1.165, 1.54) is 5.56 Å². The molecule has 1 amide bonds. The van der Waals surface area contributed by atoms with Gasteiger partial charge in [-0.2, -0.15) is 0 Å². The lowest BCUT2D eigenvalue weighted by atomic mass is 10.0. The average molecular weight is 267 g/mol. The number of nitrogens with zero attached hydrogens (tertiary/aromatic N) is 1. The molecule has 2 heteroatoms. The van der Waals surface area contributed by atoms with E-state index >= 15 is 0 Å². The first kappa shape index (κ1) is 14.3. The van der Waals surface area contributed by atoms with Gasteiger partial charge in [0.15, 0.2) is 0 Å². The summed E-state index contributed by atoms with van der Waals surface area (Å²) in [5.41, 5.74) is 3.08. The molecule has 0 aliphatic rings. The highest BCUT2D eigenvalue weighted by Crippen LogP contribution is 2.19. The van der Waals surface area contributed by atoms with Crippen LogP contribution in [0.25, 0.3) is 11.1 Å². The van der Waals surface area contributed by atoms with Crippen LogP contribution in [0.1, 0.15) is 30.6 Å². The van der Waals surface area contributed by atoms with E-state index in [2.05, 4.69) is 19.1 Å². The monoisotopic (exact) mass is 267 g/mol. The third-order valence-electron chi connectivity index (χ3n) is 3.40. The predicted molar refractivity (Wildman–Crippen MR) is 83.7 cm³/mol. The summed E-state index contributed by atoms with van der Waals surface area (Å²) in [7, 11) is 0. The third-order valence-corrected chi connectivity index (χ3v) is 3.40. The van der Waals surface area contributed by atoms with E-state index in [1.54, 1.807) is 0 Å². The highest BCUT2D eigenvalue weighted by atomic mass is 16.2. The average Bonchev–Trinajstić information content (AvgIpc) is 2.53. The number of amides is 1. The van der Waals surface area contributed by atoms with Crippen molar-refractivity contribution < 1.29 is 4.79 Å². The normalized spacial score (nSPS) is 10.3. The molecule has 20 heavy (non-hydrogen) atoms. The molecule has 0 aromatic heterocycles. The van der Waals surface area contributed by atoms with E-state index in [1.807, 2.05) is 54.3 Å². The zero-order valence-corrected chi connectivity index (χ0v) is 12.2. The Kier molecular flexibility index (Phi) is 4.94. The molecule has 0 unspecified atom stereocenters. The Morgan fingerprint density at radius 3 is 2.05 bits per heavy atom. The molecule has 0 saturated heterocycles. The maximum Gasteiger partial charge on any atom is 0.253 e. The van der Waals surface area contributed by atoms with Crippen LogP contribution in [0.15, 0.2) is 54.6 Å². The fraction of sp³-hybridized carbons (Fsp3) is 0.278. The van der Waals surface area contributed by atoms with Crippen molar-refractivity contribution in [1.82, 2.24) is 4.90 Å². The summed E-state index contributed by atoms with van der Waals surface area (Å²) >= 11 is 0. The molecule has 0 atom stereocenters. The molecule has 0 spiro atoms. The SMILES string of the molecule is CCCN(CC)C(=O)c1ccc(-c2ccccc2)cc1. The molecule has 104 valence electrons. The molecule has 2 aromatic rings. The highest BCUT2D eigenvalue weighted by molar-refractivity contribution is 5.94. The summed E-state index contributed by atoms with van der Waals surface area (Å²) in [4.78, 5) is 14.2. The number of carbonyl (C=O) groups is 1. The van der Waals surface area contributed by atoms with Crippen molar-refractivity contribution in [3.8, 4) is 11.1 Å². The van der Waals surface area contributed by atoms with Crippen molar-refractivity contribution in [2.24, 2.45) is 0 Å². The van der Waals surface area contributed by atoms with E-state index in [0.29, 0.717) is 0 Å². The number of hydrogen-bond donors (Lipinski definition) is 0. The van der Waals surface area contributed by atoms with Crippen LogP contribution in [0.5, 0.6) is 0 Å². The molecule has 2 aromatic carbocycles. The second kappa shape index (κ2) is 6.90. The minimum absolute atomic E-state index is 0.119. The lowest BCUT2D eigenvalue weighted by Gasteiger charge is -2.20. The Morgan fingerprint density at radius 1 is 0.900 bits per heavy atom. The summed E-state index contributed by atoms with van der Waals surface area (Å²) in [5.74, 6) is 0.119. The maximum atomic E-state index is 12.3. The Balaban J connectivity index is 2.18. The smallest absolute Gasteiger partial charge is 0.253 e. The van der Waals surface area contributed by atoms with Gasteiger partial charge in [-0.1, -0.05) is 49.4 Å². The molecule has 2 rings (SSSR count). The molecule has 2 nitrogen and oxygen atoms in total. The van der Waals surface area contributed by atoms with Gasteiger partial charge in [-0.3, -0.25) is 4.79 Å². The summed E-state index contributed by atoms with van der Waals surface area (Å²) in [5, 5.41) is 0. The molecule has 0 saturated carbocycles. The van der Waals surface area contributed by atoms with Gasteiger partial charge in [0.05, 0.1) is 0 Å². The molecule has 0 bridgehead atoms. The third kappa shape index (κ3) is 3.27. The maximum absolute atomic E-state index is 12.3. The quantitative estimate of drug-likeness (QED) is 0.794. The molecule has 0 N–H and O–H groups in total. The topological polar surface area (TPSA) is 20.3 Å².